The lowest BCUT2D eigenvalue weighted by molar-refractivity contribution is -0.141. The number of carbonyl (C=O) groups is 3. The molecule has 1 fully saturated rings. The van der Waals surface area contributed by atoms with Crippen LogP contribution >= 0.6 is 11.8 Å². The zero-order valence-electron chi connectivity index (χ0n) is 25.2. The van der Waals surface area contributed by atoms with Gasteiger partial charge >= 0.3 is 6.09 Å². The predicted octanol–water partition coefficient (Wildman–Crippen LogP) is 6.43. The number of carbonyl (C=O) groups excluding carboxylic acids is 3. The van der Waals surface area contributed by atoms with Crippen LogP contribution in [0.2, 0.25) is 0 Å². The van der Waals surface area contributed by atoms with Crippen molar-refractivity contribution in [3.05, 3.63) is 64.7 Å². The first kappa shape index (κ1) is 31.5. The van der Waals surface area contributed by atoms with E-state index in [1.807, 2.05) is 62.6 Å². The molecule has 0 saturated heterocycles. The summed E-state index contributed by atoms with van der Waals surface area (Å²) in [4.78, 5) is 43.1. The van der Waals surface area contributed by atoms with Crippen LogP contribution in [-0.2, 0) is 20.7 Å². The van der Waals surface area contributed by atoms with E-state index in [1.54, 1.807) is 37.4 Å². The Morgan fingerprint density at radius 1 is 1.07 bits per heavy atom. The van der Waals surface area contributed by atoms with Crippen LogP contribution in [0.4, 0.5) is 10.5 Å². The average Bonchev–Trinajstić information content (AvgIpc) is 3.61. The van der Waals surface area contributed by atoms with Gasteiger partial charge in [-0.15, -0.1) is 0 Å². The molecule has 0 bridgehead atoms. The van der Waals surface area contributed by atoms with Gasteiger partial charge in [-0.05, 0) is 94.1 Å². The molecule has 218 valence electrons. The number of rotatable bonds is 11. The number of hydrogen-bond acceptors (Lipinski definition) is 5. The first-order valence-electron chi connectivity index (χ1n) is 14.1. The van der Waals surface area contributed by atoms with E-state index in [9.17, 15) is 14.4 Å². The Balaban J connectivity index is 2.04. The predicted molar refractivity (Wildman–Crippen MR) is 164 cm³/mol. The number of hydrogen-bond donors (Lipinski definition) is 2. The summed E-state index contributed by atoms with van der Waals surface area (Å²) in [5, 5.41) is 5.96. The fraction of sp³-hybridized carbons (Fsp3) is 0.531. The number of para-hydroxylation sites is 1. The largest absolute Gasteiger partial charge is 0.444 e. The van der Waals surface area contributed by atoms with E-state index < -0.39 is 23.8 Å². The topological polar surface area (TPSA) is 87.7 Å². The Morgan fingerprint density at radius 2 is 1.68 bits per heavy atom. The minimum absolute atomic E-state index is 0.107. The lowest BCUT2D eigenvalue weighted by atomic mass is 9.99. The number of aryl methyl sites for hydroxylation is 3. The van der Waals surface area contributed by atoms with Crippen LogP contribution in [-0.4, -0.2) is 52.5 Å². The highest BCUT2D eigenvalue weighted by molar-refractivity contribution is 7.98. The summed E-state index contributed by atoms with van der Waals surface area (Å²) in [6, 6.07) is 12.0. The van der Waals surface area contributed by atoms with Gasteiger partial charge in [-0.1, -0.05) is 56.3 Å². The maximum absolute atomic E-state index is 14.4. The first-order valence-corrected chi connectivity index (χ1v) is 15.5. The Labute approximate surface area is 243 Å². The van der Waals surface area contributed by atoms with Crippen molar-refractivity contribution >= 4 is 35.4 Å². The average molecular weight is 568 g/mol. The van der Waals surface area contributed by atoms with Gasteiger partial charge in [-0.3, -0.25) is 9.59 Å². The summed E-state index contributed by atoms with van der Waals surface area (Å²) >= 11 is 1.60. The maximum atomic E-state index is 14.4. The van der Waals surface area contributed by atoms with Gasteiger partial charge in [0, 0.05) is 11.7 Å². The molecule has 3 amide bonds. The molecule has 4 unspecified atom stereocenters. The molecule has 2 N–H and O–H groups in total. The Hall–Kier alpha value is -3.00. The van der Waals surface area contributed by atoms with Gasteiger partial charge in [0.05, 0.1) is 0 Å². The molecular weight excluding hydrogens is 522 g/mol. The van der Waals surface area contributed by atoms with Gasteiger partial charge in [0.2, 0.25) is 5.91 Å². The van der Waals surface area contributed by atoms with Crippen LogP contribution in [0.1, 0.15) is 75.8 Å². The van der Waals surface area contributed by atoms with Crippen molar-refractivity contribution in [1.82, 2.24) is 10.2 Å². The normalized spacial score (nSPS) is 17.9. The standard InChI is InChI=1S/C32H45N3O4S/c1-9-23-13-15-24(16-14-23)28(29(36)34-27-20(2)11-10-12-21(27)3)35(26-19-22(26)4)30(37)25(17-18-40-8)33-31(38)39-32(5,6)7/h10-16,22,25-26,28H,9,17-19H2,1-8H3,(H,33,38)(H,34,36). The maximum Gasteiger partial charge on any atom is 0.408 e. The molecule has 3 rings (SSSR count). The highest BCUT2D eigenvalue weighted by Gasteiger charge is 2.48. The molecule has 2 aromatic rings. The van der Waals surface area contributed by atoms with Crippen LogP contribution < -0.4 is 10.6 Å². The van der Waals surface area contributed by atoms with Gasteiger partial charge in [0.25, 0.3) is 5.91 Å². The molecule has 0 spiro atoms. The van der Waals surface area contributed by atoms with Crippen molar-refractivity contribution in [2.45, 2.75) is 91.5 Å². The highest BCUT2D eigenvalue weighted by Crippen LogP contribution is 2.41. The Morgan fingerprint density at radius 3 is 2.17 bits per heavy atom. The van der Waals surface area contributed by atoms with Gasteiger partial charge in [0.1, 0.15) is 17.7 Å². The molecule has 2 aromatic carbocycles. The zero-order valence-corrected chi connectivity index (χ0v) is 26.0. The van der Waals surface area contributed by atoms with Crippen molar-refractivity contribution in [2.75, 3.05) is 17.3 Å². The number of thioether (sulfide) groups is 1. The summed E-state index contributed by atoms with van der Waals surface area (Å²) in [7, 11) is 0. The number of benzene rings is 2. The van der Waals surface area contributed by atoms with Gasteiger partial charge in [-0.25, -0.2) is 4.79 Å². The number of nitrogens with zero attached hydrogens (tertiary/aromatic N) is 1. The van der Waals surface area contributed by atoms with Gasteiger partial charge in [0.15, 0.2) is 0 Å². The van der Waals surface area contributed by atoms with Crippen molar-refractivity contribution in [2.24, 2.45) is 5.92 Å². The van der Waals surface area contributed by atoms with E-state index in [-0.39, 0.29) is 23.8 Å². The quantitative estimate of drug-likeness (QED) is 0.327. The van der Waals surface area contributed by atoms with Crippen LogP contribution in [0.15, 0.2) is 42.5 Å². The lowest BCUT2D eigenvalue weighted by Gasteiger charge is -2.35. The third-order valence-electron chi connectivity index (χ3n) is 7.24. The third-order valence-corrected chi connectivity index (χ3v) is 7.88. The molecule has 4 atom stereocenters. The molecule has 1 saturated carbocycles. The van der Waals surface area contributed by atoms with E-state index >= 15 is 0 Å². The molecule has 0 aromatic heterocycles. The molecule has 40 heavy (non-hydrogen) atoms. The molecule has 0 radical (unpaired) electrons. The van der Waals surface area contributed by atoms with Crippen LogP contribution in [0.3, 0.4) is 0 Å². The molecule has 0 aliphatic heterocycles. The van der Waals surface area contributed by atoms with E-state index in [0.717, 1.165) is 40.8 Å². The van der Waals surface area contributed by atoms with Crippen LogP contribution in [0.5, 0.6) is 0 Å². The number of anilines is 1. The number of nitrogens with one attached hydrogen (secondary N) is 2. The second-order valence-electron chi connectivity index (χ2n) is 11.8. The smallest absolute Gasteiger partial charge is 0.408 e. The van der Waals surface area contributed by atoms with Crippen molar-refractivity contribution < 1.29 is 19.1 Å². The van der Waals surface area contributed by atoms with Crippen LogP contribution in [0, 0.1) is 19.8 Å². The van der Waals surface area contributed by atoms with E-state index in [0.29, 0.717) is 12.2 Å². The third kappa shape index (κ3) is 8.26. The van der Waals surface area contributed by atoms with Crippen molar-refractivity contribution in [1.29, 1.82) is 0 Å². The fourth-order valence-corrected chi connectivity index (χ4v) is 5.34. The fourth-order valence-electron chi connectivity index (χ4n) is 4.87. The number of amides is 3. The second kappa shape index (κ2) is 13.6. The van der Waals surface area contributed by atoms with Crippen molar-refractivity contribution in [3.63, 3.8) is 0 Å². The van der Waals surface area contributed by atoms with Gasteiger partial charge < -0.3 is 20.3 Å². The van der Waals surface area contributed by atoms with E-state index in [4.69, 9.17) is 4.74 Å². The monoisotopic (exact) mass is 567 g/mol. The molecule has 7 nitrogen and oxygen atoms in total. The summed E-state index contributed by atoms with van der Waals surface area (Å²) in [6.45, 7) is 13.5. The summed E-state index contributed by atoms with van der Waals surface area (Å²) < 4.78 is 5.49. The second-order valence-corrected chi connectivity index (χ2v) is 12.7. The van der Waals surface area contributed by atoms with E-state index in [1.165, 1.54) is 0 Å². The van der Waals surface area contributed by atoms with Crippen LogP contribution in [0.25, 0.3) is 0 Å². The SMILES string of the molecule is CCc1ccc(C(C(=O)Nc2c(C)cccc2C)N(C(=O)C(CCSC)NC(=O)OC(C)(C)C)C2CC2C)cc1. The van der Waals surface area contributed by atoms with Gasteiger partial charge in [-0.2, -0.15) is 11.8 Å². The number of alkyl carbamates (subject to hydrolysis) is 1. The summed E-state index contributed by atoms with van der Waals surface area (Å²) in [5.74, 6) is 0.382. The zero-order chi connectivity index (χ0) is 29.6. The van der Waals surface area contributed by atoms with E-state index in [2.05, 4.69) is 24.5 Å². The van der Waals surface area contributed by atoms with Crippen molar-refractivity contribution in [3.8, 4) is 0 Å². The molecule has 0 heterocycles. The Kier molecular flexibility index (Phi) is 10.7. The molecule has 8 heteroatoms. The minimum Gasteiger partial charge on any atom is -0.444 e. The molecule has 1 aliphatic carbocycles. The summed E-state index contributed by atoms with van der Waals surface area (Å²) in [6.07, 6.45) is 3.42. The Bertz CT molecular complexity index is 1170. The number of ether oxygens (including phenoxy) is 1. The minimum atomic E-state index is -0.857. The molecule has 1 aliphatic rings. The first-order chi connectivity index (χ1) is 18.9. The molecular formula is C32H45N3O4S. The lowest BCUT2D eigenvalue weighted by Crippen LogP contribution is -2.53. The summed E-state index contributed by atoms with van der Waals surface area (Å²) in [5.41, 5.74) is 3.86. The highest BCUT2D eigenvalue weighted by atomic mass is 32.2.